The standard InChI is InChI=1S/C46H59Cl2N2P/c1-31-24-33(3)43(34(4)25-31)49-30-38(28-37-16-10-7-11-17-37)50(44-35(5)26-32(2)27-36(44)6)45(49)41-29-46(47,48)23-22-42(41)51(39-18-12-8-13-19-39)40-20-14-9-15-21-40/h7,10-11,16-17,24-28,39-40,42H,8-9,12-15,18-23,29-30H2,1-6H3. The van der Waals surface area contributed by atoms with E-state index in [1.54, 1.807) is 0 Å². The second kappa shape index (κ2) is 15.6. The fourth-order valence-electron chi connectivity index (χ4n) is 10.4. The zero-order valence-electron chi connectivity index (χ0n) is 32.0. The van der Waals surface area contributed by atoms with Crippen molar-refractivity contribution in [3.05, 3.63) is 111 Å². The van der Waals surface area contributed by atoms with Crippen LogP contribution in [0, 0.1) is 41.5 Å². The van der Waals surface area contributed by atoms with E-state index >= 15 is 0 Å². The van der Waals surface area contributed by atoms with Crippen molar-refractivity contribution < 1.29 is 0 Å². The molecule has 3 saturated carbocycles. The number of aryl methyl sites for hydroxylation is 6. The number of benzene rings is 3. The summed E-state index contributed by atoms with van der Waals surface area (Å²) in [7, 11) is -0.239. The molecular weight excluding hydrogens is 682 g/mol. The molecule has 2 nitrogen and oxygen atoms in total. The number of rotatable bonds is 6. The quantitative estimate of drug-likeness (QED) is 0.183. The highest BCUT2D eigenvalue weighted by Crippen LogP contribution is 2.65. The second-order valence-corrected chi connectivity index (χ2v) is 21.0. The number of hydrogen-bond donors (Lipinski definition) is 0. The molecule has 1 saturated heterocycles. The molecular formula is C46H59Cl2N2P. The molecule has 0 spiro atoms. The van der Waals surface area contributed by atoms with Crippen LogP contribution < -0.4 is 9.80 Å². The molecule has 272 valence electrons. The zero-order valence-corrected chi connectivity index (χ0v) is 34.4. The van der Waals surface area contributed by atoms with Crippen LogP contribution in [0.1, 0.15) is 122 Å². The van der Waals surface area contributed by atoms with Crippen LogP contribution in [0.15, 0.2) is 71.7 Å². The lowest BCUT2D eigenvalue weighted by molar-refractivity contribution is 0.474. The molecule has 4 aliphatic rings. The summed E-state index contributed by atoms with van der Waals surface area (Å²) in [6.07, 6.45) is 19.2. The molecule has 0 N–H and O–H groups in total. The van der Waals surface area contributed by atoms with Crippen LogP contribution in [0.2, 0.25) is 0 Å². The first-order valence-electron chi connectivity index (χ1n) is 19.9. The van der Waals surface area contributed by atoms with Gasteiger partial charge < -0.3 is 4.90 Å². The third kappa shape index (κ3) is 7.86. The third-order valence-corrected chi connectivity index (χ3v) is 16.9. The minimum absolute atomic E-state index is 0.239. The Morgan fingerprint density at radius 1 is 0.667 bits per heavy atom. The molecule has 1 heterocycles. The maximum absolute atomic E-state index is 7.39. The lowest BCUT2D eigenvalue weighted by Crippen LogP contribution is -2.38. The number of anilines is 2. The molecule has 1 atom stereocenters. The van der Waals surface area contributed by atoms with Gasteiger partial charge in [0.2, 0.25) is 0 Å². The lowest BCUT2D eigenvalue weighted by atomic mass is 9.91. The molecule has 51 heavy (non-hydrogen) atoms. The monoisotopic (exact) mass is 740 g/mol. The van der Waals surface area contributed by atoms with Crippen molar-refractivity contribution in [1.29, 1.82) is 0 Å². The smallest absolute Gasteiger partial charge is 0.122 e. The van der Waals surface area contributed by atoms with Crippen LogP contribution >= 0.6 is 31.1 Å². The van der Waals surface area contributed by atoms with E-state index in [1.807, 2.05) is 0 Å². The highest BCUT2D eigenvalue weighted by molar-refractivity contribution is 7.60. The third-order valence-electron chi connectivity index (χ3n) is 12.2. The van der Waals surface area contributed by atoms with Crippen molar-refractivity contribution >= 4 is 48.6 Å². The van der Waals surface area contributed by atoms with Gasteiger partial charge in [-0.1, -0.05) is 112 Å². The zero-order chi connectivity index (χ0) is 35.9. The van der Waals surface area contributed by atoms with Gasteiger partial charge in [-0.2, -0.15) is 0 Å². The molecule has 0 radical (unpaired) electrons. The topological polar surface area (TPSA) is 6.48 Å². The van der Waals surface area contributed by atoms with Gasteiger partial charge in [-0.3, -0.25) is 4.90 Å². The van der Waals surface area contributed by atoms with Crippen LogP contribution in [-0.4, -0.2) is 27.9 Å². The number of allylic oxidation sites excluding steroid dienone is 1. The summed E-state index contributed by atoms with van der Waals surface area (Å²) in [6.45, 7) is 14.5. The summed E-state index contributed by atoms with van der Waals surface area (Å²) in [5, 5.41) is 0. The molecule has 5 heteroatoms. The molecule has 3 aliphatic carbocycles. The average molecular weight is 742 g/mol. The Labute approximate surface area is 320 Å². The van der Waals surface area contributed by atoms with E-state index in [-0.39, 0.29) is 7.92 Å². The molecule has 3 aromatic rings. The van der Waals surface area contributed by atoms with Gasteiger partial charge in [0.15, 0.2) is 0 Å². The van der Waals surface area contributed by atoms with Crippen LogP contribution in [0.4, 0.5) is 11.4 Å². The maximum atomic E-state index is 7.39. The van der Waals surface area contributed by atoms with Gasteiger partial charge in [-0.15, -0.1) is 23.2 Å². The van der Waals surface area contributed by atoms with Gasteiger partial charge in [-0.05, 0) is 131 Å². The first-order chi connectivity index (χ1) is 24.5. The van der Waals surface area contributed by atoms with E-state index in [0.717, 1.165) is 37.1 Å². The van der Waals surface area contributed by atoms with Gasteiger partial charge in [0, 0.05) is 23.5 Å². The van der Waals surface area contributed by atoms with Crippen molar-refractivity contribution in [2.75, 3.05) is 16.3 Å². The molecule has 0 aromatic heterocycles. The molecule has 4 fully saturated rings. The molecule has 0 bridgehead atoms. The van der Waals surface area contributed by atoms with Crippen molar-refractivity contribution in [2.45, 2.75) is 146 Å². The molecule has 7 rings (SSSR count). The lowest BCUT2D eigenvalue weighted by Gasteiger charge is -2.48. The van der Waals surface area contributed by atoms with E-state index in [4.69, 9.17) is 23.2 Å². The largest absolute Gasteiger partial charge is 0.321 e. The number of nitrogens with zero attached hydrogens (tertiary/aromatic N) is 2. The van der Waals surface area contributed by atoms with E-state index in [0.29, 0.717) is 5.66 Å². The summed E-state index contributed by atoms with van der Waals surface area (Å²) >= 11 is 14.8. The maximum Gasteiger partial charge on any atom is 0.122 e. The van der Waals surface area contributed by atoms with Gasteiger partial charge in [-0.25, -0.2) is 0 Å². The summed E-state index contributed by atoms with van der Waals surface area (Å²) in [6, 6.07) is 20.4. The van der Waals surface area contributed by atoms with Crippen molar-refractivity contribution in [3.63, 3.8) is 0 Å². The second-order valence-electron chi connectivity index (χ2n) is 16.4. The SMILES string of the molecule is Cc1cc(C)c(N2CC(=Cc3ccccc3)N(c3c(C)cc(C)cc3C)C2=C2CC(Cl)(Cl)CCC2P(C2CCCCC2)C2CCCCC2)c(C)c1. The van der Waals surface area contributed by atoms with Crippen molar-refractivity contribution in [2.24, 2.45) is 0 Å². The van der Waals surface area contributed by atoms with Crippen LogP contribution in [0.5, 0.6) is 0 Å². The molecule has 1 unspecified atom stereocenters. The Hall–Kier alpha value is -2.25. The van der Waals surface area contributed by atoms with E-state index in [1.165, 1.54) is 132 Å². The fourth-order valence-corrected chi connectivity index (χ4v) is 15.5. The van der Waals surface area contributed by atoms with E-state index in [9.17, 15) is 0 Å². The highest BCUT2D eigenvalue weighted by atomic mass is 35.5. The number of hydrogen-bond acceptors (Lipinski definition) is 2. The van der Waals surface area contributed by atoms with Crippen LogP contribution in [0.25, 0.3) is 6.08 Å². The summed E-state index contributed by atoms with van der Waals surface area (Å²) in [5.74, 6) is 1.34. The van der Waals surface area contributed by atoms with Gasteiger partial charge in [0.25, 0.3) is 0 Å². The number of halogens is 2. The van der Waals surface area contributed by atoms with Crippen LogP contribution in [-0.2, 0) is 0 Å². The minimum atomic E-state index is -0.767. The van der Waals surface area contributed by atoms with Crippen molar-refractivity contribution in [3.8, 4) is 0 Å². The predicted octanol–water partition coefficient (Wildman–Crippen LogP) is 14.0. The highest BCUT2D eigenvalue weighted by Gasteiger charge is 2.48. The Balaban J connectivity index is 1.54. The molecule has 1 aliphatic heterocycles. The summed E-state index contributed by atoms with van der Waals surface area (Å²) in [5.41, 5.74) is 16.9. The van der Waals surface area contributed by atoms with E-state index < -0.39 is 4.33 Å². The minimum Gasteiger partial charge on any atom is -0.321 e. The Bertz CT molecular complexity index is 1720. The van der Waals surface area contributed by atoms with Crippen LogP contribution in [0.3, 0.4) is 0 Å². The fraction of sp³-hybridized carbons (Fsp3) is 0.522. The average Bonchev–Trinajstić information content (AvgIpc) is 3.43. The molecule has 0 amide bonds. The Morgan fingerprint density at radius 3 is 1.71 bits per heavy atom. The first-order valence-corrected chi connectivity index (χ1v) is 22.2. The van der Waals surface area contributed by atoms with Gasteiger partial charge >= 0.3 is 0 Å². The van der Waals surface area contributed by atoms with Crippen molar-refractivity contribution in [1.82, 2.24) is 0 Å². The van der Waals surface area contributed by atoms with E-state index in [2.05, 4.69) is 112 Å². The normalized spacial score (nSPS) is 24.3. The van der Waals surface area contributed by atoms with Gasteiger partial charge in [0.05, 0.1) is 12.2 Å². The van der Waals surface area contributed by atoms with Gasteiger partial charge in [0.1, 0.15) is 10.2 Å². The summed E-state index contributed by atoms with van der Waals surface area (Å²) < 4.78 is -0.767. The number of alkyl halides is 2. The Morgan fingerprint density at radius 2 is 1.18 bits per heavy atom. The Kier molecular flexibility index (Phi) is 11.4. The first kappa shape index (κ1) is 37.1. The summed E-state index contributed by atoms with van der Waals surface area (Å²) in [4.78, 5) is 5.38. The predicted molar refractivity (Wildman–Crippen MR) is 225 cm³/mol. The molecule has 3 aromatic carbocycles.